The monoisotopic (exact) mass is 334 g/mol. The summed E-state index contributed by atoms with van der Waals surface area (Å²) in [5.74, 6) is 0. The smallest absolute Gasteiger partial charge is 0.313 e. The first-order valence-electron chi connectivity index (χ1n) is 8.56. The second-order valence-electron chi connectivity index (χ2n) is 6.23. The molecule has 6 heteroatoms. The Morgan fingerprint density at radius 2 is 0.654 bits per heavy atom. The van der Waals surface area contributed by atoms with Crippen molar-refractivity contribution in [1.82, 2.24) is 0 Å². The molecule has 26 heavy (non-hydrogen) atoms. The van der Waals surface area contributed by atoms with Gasteiger partial charge in [0.15, 0.2) is 0 Å². The Labute approximate surface area is 159 Å². The van der Waals surface area contributed by atoms with Crippen molar-refractivity contribution in [2.75, 3.05) is 0 Å². The first-order valence-corrected chi connectivity index (χ1v) is 8.56. The van der Waals surface area contributed by atoms with Crippen LogP contribution < -0.4 is 21.9 Å². The maximum Gasteiger partial charge on any atom is 0.313 e. The third kappa shape index (κ3) is 5.98. The molecule has 4 radical (unpaired) electrons. The zero-order valence-electron chi connectivity index (χ0n) is 15.1. The van der Waals surface area contributed by atoms with Gasteiger partial charge in [0.25, 0.3) is 0 Å². The summed E-state index contributed by atoms with van der Waals surface area (Å²) in [7, 11) is 6.92. The van der Waals surface area contributed by atoms with Crippen LogP contribution >= 0.6 is 0 Å². The predicted molar refractivity (Wildman–Crippen MR) is 113 cm³/mol. The van der Waals surface area contributed by atoms with Gasteiger partial charge in [0.1, 0.15) is 0 Å². The molecule has 0 atom stereocenters. The minimum absolute atomic E-state index is 0.994. The van der Waals surface area contributed by atoms with E-state index < -0.39 is 0 Å². The normalized spacial score (nSPS) is 10.2. The van der Waals surface area contributed by atoms with Crippen molar-refractivity contribution in [3.05, 3.63) is 83.9 Å². The summed E-state index contributed by atoms with van der Waals surface area (Å²) in [6, 6.07) is 24.3. The van der Waals surface area contributed by atoms with Gasteiger partial charge >= 0.3 is 29.9 Å². The molecular formula is C20H18B4O2. The molecule has 0 saturated heterocycles. The molecule has 0 heterocycles. The lowest BCUT2D eigenvalue weighted by molar-refractivity contribution is 0.662. The molecule has 2 nitrogen and oxygen atoms in total. The fourth-order valence-electron chi connectivity index (χ4n) is 2.33. The lowest BCUT2D eigenvalue weighted by Crippen LogP contribution is -2.29. The van der Waals surface area contributed by atoms with Crippen molar-refractivity contribution in [3.8, 4) is 0 Å². The second kappa shape index (κ2) is 9.51. The van der Waals surface area contributed by atoms with Gasteiger partial charge in [0, 0.05) is 0 Å². The molecule has 0 saturated carbocycles. The van der Waals surface area contributed by atoms with Crippen LogP contribution in [0.15, 0.2) is 72.8 Å². The van der Waals surface area contributed by atoms with E-state index in [2.05, 4.69) is 38.1 Å². The van der Waals surface area contributed by atoms with Crippen LogP contribution in [-0.2, 0) is 9.14 Å². The Balaban J connectivity index is 1.40. The minimum atomic E-state index is 0.994. The van der Waals surface area contributed by atoms with Crippen LogP contribution in [-0.4, -0.2) is 29.9 Å². The maximum atomic E-state index is 5.54. The van der Waals surface area contributed by atoms with Crippen molar-refractivity contribution in [2.45, 2.75) is 13.8 Å². The van der Waals surface area contributed by atoms with Gasteiger partial charge < -0.3 is 9.14 Å². The number of hydrogen-bond acceptors (Lipinski definition) is 2. The molecule has 0 amide bonds. The van der Waals surface area contributed by atoms with Crippen molar-refractivity contribution >= 4 is 51.8 Å². The van der Waals surface area contributed by atoms with Crippen LogP contribution in [0.5, 0.6) is 0 Å². The summed E-state index contributed by atoms with van der Waals surface area (Å²) in [6.07, 6.45) is 0. The zero-order valence-corrected chi connectivity index (χ0v) is 15.1. The minimum Gasteiger partial charge on any atom is -0.498 e. The molecule has 122 valence electrons. The Morgan fingerprint density at radius 1 is 0.423 bits per heavy atom. The Hall–Kier alpha value is -2.16. The van der Waals surface area contributed by atoms with Crippen molar-refractivity contribution < 1.29 is 9.14 Å². The van der Waals surface area contributed by atoms with Crippen LogP contribution in [0.1, 0.15) is 11.1 Å². The maximum absolute atomic E-state index is 5.54. The van der Waals surface area contributed by atoms with E-state index in [-0.39, 0.29) is 0 Å². The molecule has 0 spiro atoms. The Bertz CT molecular complexity index is 732. The number of rotatable bonds is 8. The van der Waals surface area contributed by atoms with Crippen LogP contribution in [0, 0.1) is 13.8 Å². The third-order valence-electron chi connectivity index (χ3n) is 3.91. The molecule has 0 aliphatic heterocycles. The van der Waals surface area contributed by atoms with E-state index in [1.54, 1.807) is 29.9 Å². The SMILES string of the molecule is Cc1ccc([B]O[B]c2ccc([B]O[B]c3ccc(C)cc3)cc2)cc1. The van der Waals surface area contributed by atoms with Crippen LogP contribution in [0.25, 0.3) is 0 Å². The predicted octanol–water partition coefficient (Wildman–Crippen LogP) is 0.715. The summed E-state index contributed by atoms with van der Waals surface area (Å²) < 4.78 is 11.1. The first kappa shape index (κ1) is 18.6. The summed E-state index contributed by atoms with van der Waals surface area (Å²) in [5.41, 5.74) is 6.54. The summed E-state index contributed by atoms with van der Waals surface area (Å²) in [4.78, 5) is 0. The third-order valence-corrected chi connectivity index (χ3v) is 3.91. The second-order valence-corrected chi connectivity index (χ2v) is 6.23. The van der Waals surface area contributed by atoms with Crippen molar-refractivity contribution in [1.29, 1.82) is 0 Å². The van der Waals surface area contributed by atoms with E-state index >= 15 is 0 Å². The highest BCUT2D eigenvalue weighted by atomic mass is 16.4. The zero-order chi connectivity index (χ0) is 18.2. The molecule has 3 aromatic rings. The van der Waals surface area contributed by atoms with Gasteiger partial charge in [0.2, 0.25) is 0 Å². The quantitative estimate of drug-likeness (QED) is 0.566. The Morgan fingerprint density at radius 3 is 0.923 bits per heavy atom. The fourth-order valence-corrected chi connectivity index (χ4v) is 2.33. The average Bonchev–Trinajstić information content (AvgIpc) is 2.66. The lowest BCUT2D eigenvalue weighted by Gasteiger charge is -2.05. The van der Waals surface area contributed by atoms with Gasteiger partial charge in [-0.15, -0.1) is 0 Å². The molecule has 0 aliphatic rings. The number of aryl methyl sites for hydroxylation is 2. The lowest BCUT2D eigenvalue weighted by atomic mass is 9.77. The molecule has 0 aromatic heterocycles. The molecule has 0 fully saturated rings. The average molecular weight is 334 g/mol. The molecular weight excluding hydrogens is 315 g/mol. The van der Waals surface area contributed by atoms with Crippen LogP contribution in [0.4, 0.5) is 0 Å². The number of benzene rings is 3. The van der Waals surface area contributed by atoms with Crippen LogP contribution in [0.3, 0.4) is 0 Å². The molecule has 0 unspecified atom stereocenters. The van der Waals surface area contributed by atoms with Gasteiger partial charge in [-0.1, -0.05) is 106 Å². The van der Waals surface area contributed by atoms with E-state index in [4.69, 9.17) is 9.14 Å². The standard InChI is InChI=1S/C20H18B4O2/c1-15-3-7-17(8-4-15)21-25-23-19-11-13-20(14-12-19)24-26-22-18-9-5-16(2)6-10-18/h3-14H,1-2H3. The highest BCUT2D eigenvalue weighted by Crippen LogP contribution is 1.93. The summed E-state index contributed by atoms with van der Waals surface area (Å²) in [5, 5.41) is 0. The highest BCUT2D eigenvalue weighted by Gasteiger charge is 2.04. The molecule has 0 aliphatic carbocycles. The van der Waals surface area contributed by atoms with E-state index in [0.717, 1.165) is 21.9 Å². The Kier molecular flexibility index (Phi) is 6.82. The van der Waals surface area contributed by atoms with E-state index in [1.165, 1.54) is 11.1 Å². The molecule has 3 aromatic carbocycles. The van der Waals surface area contributed by atoms with Crippen LogP contribution in [0.2, 0.25) is 0 Å². The highest BCUT2D eigenvalue weighted by molar-refractivity contribution is 6.61. The molecule has 0 N–H and O–H groups in total. The molecule has 0 bridgehead atoms. The van der Waals surface area contributed by atoms with Crippen molar-refractivity contribution in [2.24, 2.45) is 0 Å². The van der Waals surface area contributed by atoms with E-state index in [9.17, 15) is 0 Å². The fraction of sp³-hybridized carbons (Fsp3) is 0.100. The van der Waals surface area contributed by atoms with E-state index in [0.29, 0.717) is 0 Å². The topological polar surface area (TPSA) is 18.5 Å². The first-order chi connectivity index (χ1) is 12.7. The largest absolute Gasteiger partial charge is 0.498 e. The van der Waals surface area contributed by atoms with E-state index in [1.807, 2.05) is 48.5 Å². The van der Waals surface area contributed by atoms with Gasteiger partial charge in [-0.3, -0.25) is 0 Å². The van der Waals surface area contributed by atoms with Crippen molar-refractivity contribution in [3.63, 3.8) is 0 Å². The van der Waals surface area contributed by atoms with Gasteiger partial charge in [-0.2, -0.15) is 0 Å². The summed E-state index contributed by atoms with van der Waals surface area (Å²) >= 11 is 0. The van der Waals surface area contributed by atoms with Gasteiger partial charge in [0.05, 0.1) is 0 Å². The number of hydrogen-bond donors (Lipinski definition) is 0. The molecule has 3 rings (SSSR count). The van der Waals surface area contributed by atoms with Gasteiger partial charge in [-0.05, 0) is 13.8 Å². The van der Waals surface area contributed by atoms with Gasteiger partial charge in [-0.25, -0.2) is 0 Å². The summed E-state index contributed by atoms with van der Waals surface area (Å²) in [6.45, 7) is 4.13.